The molecule has 3 fully saturated rings. The van der Waals surface area contributed by atoms with E-state index < -0.39 is 29.6 Å². The number of ether oxygens (including phenoxy) is 1. The van der Waals surface area contributed by atoms with Gasteiger partial charge in [-0.05, 0) is 62.4 Å². The number of fused-ring (bicyclic) bond motifs is 1. The first-order valence-electron chi connectivity index (χ1n) is 14.2. The molecule has 1 spiro atoms. The van der Waals surface area contributed by atoms with E-state index in [1.54, 1.807) is 4.90 Å². The number of amides is 3. The van der Waals surface area contributed by atoms with Gasteiger partial charge in [0.2, 0.25) is 17.7 Å². The Morgan fingerprint density at radius 2 is 1.69 bits per heavy atom. The molecular formula is C32H37N3O4. The van der Waals surface area contributed by atoms with Crippen LogP contribution in [-0.4, -0.2) is 46.4 Å². The van der Waals surface area contributed by atoms with Crippen LogP contribution in [0.25, 0.3) is 0 Å². The molecular weight excluding hydrogens is 490 g/mol. The average molecular weight is 528 g/mol. The molecule has 2 bridgehead atoms. The summed E-state index contributed by atoms with van der Waals surface area (Å²) < 4.78 is 6.52. The summed E-state index contributed by atoms with van der Waals surface area (Å²) in [5.41, 5.74) is 2.56. The molecule has 0 aromatic heterocycles. The number of anilines is 1. The number of benzene rings is 2. The van der Waals surface area contributed by atoms with Crippen LogP contribution in [0.15, 0.2) is 60.7 Å². The minimum absolute atomic E-state index is 0.0944. The summed E-state index contributed by atoms with van der Waals surface area (Å²) in [4.78, 5) is 43.8. The minimum atomic E-state index is -1.17. The highest BCUT2D eigenvalue weighted by atomic mass is 16.5. The lowest BCUT2D eigenvalue weighted by molar-refractivity contribution is -0.143. The van der Waals surface area contributed by atoms with Crippen molar-refractivity contribution in [3.8, 4) is 0 Å². The molecule has 6 atom stereocenters. The van der Waals surface area contributed by atoms with E-state index in [0.717, 1.165) is 42.4 Å². The Morgan fingerprint density at radius 3 is 2.38 bits per heavy atom. The van der Waals surface area contributed by atoms with Crippen molar-refractivity contribution in [2.45, 2.75) is 82.7 Å². The van der Waals surface area contributed by atoms with Crippen molar-refractivity contribution in [1.29, 1.82) is 0 Å². The molecule has 2 aromatic rings. The highest BCUT2D eigenvalue weighted by Gasteiger charge is 2.73. The second kappa shape index (κ2) is 9.94. The fraction of sp³-hybridized carbons (Fsp3) is 0.469. The van der Waals surface area contributed by atoms with Crippen LogP contribution >= 0.6 is 0 Å². The van der Waals surface area contributed by atoms with Crippen molar-refractivity contribution in [2.24, 2.45) is 11.8 Å². The van der Waals surface area contributed by atoms with Crippen LogP contribution in [-0.2, 0) is 19.1 Å². The molecule has 3 aliphatic heterocycles. The summed E-state index contributed by atoms with van der Waals surface area (Å²) in [7, 11) is 0. The number of carbonyl (C=O) groups excluding carboxylic acids is 3. The number of carbonyl (C=O) groups is 3. The predicted octanol–water partition coefficient (Wildman–Crippen LogP) is 4.60. The van der Waals surface area contributed by atoms with Crippen LogP contribution in [0.1, 0.15) is 61.8 Å². The lowest BCUT2D eigenvalue weighted by Crippen LogP contribution is -2.56. The highest BCUT2D eigenvalue weighted by molar-refractivity contribution is 6.03. The summed E-state index contributed by atoms with van der Waals surface area (Å²) >= 11 is 0. The molecule has 39 heavy (non-hydrogen) atoms. The lowest BCUT2D eigenvalue weighted by atomic mass is 9.74. The maximum atomic E-state index is 14.3. The summed E-state index contributed by atoms with van der Waals surface area (Å²) in [6.45, 7) is 5.92. The normalized spacial score (nSPS) is 30.3. The monoisotopic (exact) mass is 527 g/mol. The first-order valence-corrected chi connectivity index (χ1v) is 14.2. The van der Waals surface area contributed by atoms with Gasteiger partial charge in [-0.1, -0.05) is 67.8 Å². The number of likely N-dealkylation sites (tertiary alicyclic amines) is 1. The third kappa shape index (κ3) is 4.37. The van der Waals surface area contributed by atoms with Crippen molar-refractivity contribution < 1.29 is 19.1 Å². The molecule has 2 saturated heterocycles. The van der Waals surface area contributed by atoms with Crippen molar-refractivity contribution in [2.75, 3.05) is 5.32 Å². The molecule has 7 heteroatoms. The Hall–Kier alpha value is -3.45. The van der Waals surface area contributed by atoms with Crippen molar-refractivity contribution in [3.05, 3.63) is 77.4 Å². The number of nitrogens with one attached hydrogen (secondary N) is 2. The molecule has 2 N–H and O–H groups in total. The second-order valence-electron chi connectivity index (χ2n) is 11.7. The summed E-state index contributed by atoms with van der Waals surface area (Å²) in [5.74, 6) is -2.15. The van der Waals surface area contributed by atoms with E-state index in [2.05, 4.69) is 10.6 Å². The Bertz CT molecular complexity index is 1300. The molecule has 204 valence electrons. The van der Waals surface area contributed by atoms with Gasteiger partial charge in [0.25, 0.3) is 0 Å². The number of rotatable bonds is 6. The van der Waals surface area contributed by atoms with Crippen LogP contribution in [0, 0.1) is 25.7 Å². The van der Waals surface area contributed by atoms with E-state index in [0.29, 0.717) is 5.69 Å². The number of nitrogens with zero attached hydrogens (tertiary/aromatic N) is 1. The van der Waals surface area contributed by atoms with Gasteiger partial charge in [0.1, 0.15) is 11.6 Å². The quantitative estimate of drug-likeness (QED) is 0.538. The molecule has 0 radical (unpaired) electrons. The van der Waals surface area contributed by atoms with E-state index in [1.165, 1.54) is 6.42 Å². The molecule has 1 aliphatic carbocycles. The van der Waals surface area contributed by atoms with Crippen LogP contribution in [0.2, 0.25) is 0 Å². The number of aryl methyl sites for hydroxylation is 2. The van der Waals surface area contributed by atoms with Crippen LogP contribution in [0.4, 0.5) is 5.69 Å². The molecule has 4 aliphatic rings. The van der Waals surface area contributed by atoms with Gasteiger partial charge in [0.05, 0.1) is 24.0 Å². The maximum Gasteiger partial charge on any atom is 0.246 e. The van der Waals surface area contributed by atoms with Gasteiger partial charge >= 0.3 is 0 Å². The molecule has 0 unspecified atom stereocenters. The standard InChI is InChI=1S/C32H37N3O4/c1-19-16-20(2)18-24(17-19)34-29(36)26-25-14-15-32(39-25)27(26)31(38)35(21(3)22-10-6-4-7-11-22)28(32)30(37)33-23-12-8-5-9-13-23/h4,6-7,10-11,14-18,21,23,25-28H,5,8-9,12-13H2,1-3H3,(H,33,37)(H,34,36)/t21-,25-,26+,27-,28+,32-/m0/s1. The molecule has 2 aromatic carbocycles. The topological polar surface area (TPSA) is 87.7 Å². The maximum absolute atomic E-state index is 14.3. The summed E-state index contributed by atoms with van der Waals surface area (Å²) in [5, 5.41) is 6.30. The van der Waals surface area contributed by atoms with Crippen molar-refractivity contribution in [1.82, 2.24) is 10.2 Å². The summed E-state index contributed by atoms with van der Waals surface area (Å²) in [6, 6.07) is 14.5. The van der Waals surface area contributed by atoms with Gasteiger partial charge in [-0.15, -0.1) is 0 Å². The van der Waals surface area contributed by atoms with E-state index in [9.17, 15) is 14.4 Å². The Morgan fingerprint density at radius 1 is 1.00 bits per heavy atom. The Kier molecular flexibility index (Phi) is 6.58. The second-order valence-corrected chi connectivity index (χ2v) is 11.7. The zero-order valence-electron chi connectivity index (χ0n) is 22.9. The first kappa shape index (κ1) is 25.8. The molecule has 3 amide bonds. The van der Waals surface area contributed by atoms with Crippen LogP contribution in [0.5, 0.6) is 0 Å². The van der Waals surface area contributed by atoms with Gasteiger partial charge in [0, 0.05) is 11.7 Å². The SMILES string of the molecule is Cc1cc(C)cc(NC(=O)[C@@H]2[C@@H]3C=C[C@]4(O3)[C@@H]2C(=O)N([C@@H](C)c2ccccc2)[C@@H]4C(=O)NC2CCCCC2)c1. The van der Waals surface area contributed by atoms with E-state index in [4.69, 9.17) is 4.74 Å². The van der Waals surface area contributed by atoms with E-state index in [-0.39, 0.29) is 29.8 Å². The van der Waals surface area contributed by atoms with E-state index >= 15 is 0 Å². The fourth-order valence-electron chi connectivity index (χ4n) is 7.32. The van der Waals surface area contributed by atoms with E-state index in [1.807, 2.05) is 81.5 Å². The molecule has 1 saturated carbocycles. The van der Waals surface area contributed by atoms with Crippen molar-refractivity contribution >= 4 is 23.4 Å². The van der Waals surface area contributed by atoms with Gasteiger partial charge in [-0.2, -0.15) is 0 Å². The first-order chi connectivity index (χ1) is 18.8. The number of hydrogen-bond acceptors (Lipinski definition) is 4. The van der Waals surface area contributed by atoms with Crippen molar-refractivity contribution in [3.63, 3.8) is 0 Å². The third-order valence-corrected chi connectivity index (χ3v) is 9.00. The van der Waals surface area contributed by atoms with Crippen LogP contribution in [0.3, 0.4) is 0 Å². The smallest absolute Gasteiger partial charge is 0.246 e. The minimum Gasteiger partial charge on any atom is -0.359 e. The average Bonchev–Trinajstić information content (AvgIpc) is 3.56. The fourth-order valence-corrected chi connectivity index (χ4v) is 7.32. The third-order valence-electron chi connectivity index (χ3n) is 9.00. The Labute approximate surface area is 230 Å². The lowest BCUT2D eigenvalue weighted by Gasteiger charge is -2.37. The molecule has 6 rings (SSSR count). The van der Waals surface area contributed by atoms with Crippen LogP contribution < -0.4 is 10.6 Å². The summed E-state index contributed by atoms with van der Waals surface area (Å²) in [6.07, 6.45) is 8.44. The predicted molar refractivity (Wildman–Crippen MR) is 149 cm³/mol. The molecule has 3 heterocycles. The Balaban J connectivity index is 1.35. The van der Waals surface area contributed by atoms with Gasteiger partial charge in [-0.3, -0.25) is 14.4 Å². The van der Waals surface area contributed by atoms with Gasteiger partial charge in [0.15, 0.2) is 0 Å². The zero-order valence-corrected chi connectivity index (χ0v) is 22.9. The van der Waals surface area contributed by atoms with Gasteiger partial charge in [-0.25, -0.2) is 0 Å². The highest BCUT2D eigenvalue weighted by Crippen LogP contribution is 2.56. The molecule has 7 nitrogen and oxygen atoms in total. The number of hydrogen-bond donors (Lipinski definition) is 2. The largest absolute Gasteiger partial charge is 0.359 e. The van der Waals surface area contributed by atoms with Gasteiger partial charge < -0.3 is 20.3 Å². The zero-order chi connectivity index (χ0) is 27.3.